The van der Waals surface area contributed by atoms with Crippen molar-refractivity contribution >= 4 is 0 Å². The lowest BCUT2D eigenvalue weighted by Gasteiger charge is -2.05. The van der Waals surface area contributed by atoms with Gasteiger partial charge in [0.2, 0.25) is 0 Å². The van der Waals surface area contributed by atoms with E-state index in [4.69, 9.17) is 0 Å². The largest absolute Gasteiger partial charge is 0.330 e. The van der Waals surface area contributed by atoms with E-state index in [1.165, 1.54) is 21.4 Å². The first-order valence-electron chi connectivity index (χ1n) is 4.58. The van der Waals surface area contributed by atoms with Gasteiger partial charge in [0, 0.05) is 25.9 Å². The molecule has 1 N–H and O–H groups in total. The Labute approximate surface area is 82.0 Å². The Morgan fingerprint density at radius 1 is 1.43 bits per heavy atom. The molecule has 0 aliphatic heterocycles. The molecule has 0 spiro atoms. The molecule has 0 saturated carbocycles. The van der Waals surface area contributed by atoms with Gasteiger partial charge in [-0.1, -0.05) is 0 Å². The average Bonchev–Trinajstić information content (AvgIpc) is 2.18. The second-order valence-electron chi connectivity index (χ2n) is 3.16. The smallest absolute Gasteiger partial charge is 0.320 e. The highest BCUT2D eigenvalue weighted by molar-refractivity contribution is 4.85. The zero-order valence-electron chi connectivity index (χ0n) is 8.49. The fraction of sp³-hybridized carbons (Fsp3) is 0.556. The number of nitrogens with zero attached hydrogens (tertiary/aromatic N) is 2. The predicted molar refractivity (Wildman–Crippen MR) is 54.5 cm³/mol. The molecule has 1 rings (SSSR count). The van der Waals surface area contributed by atoms with Gasteiger partial charge in [-0.25, -0.2) is 4.79 Å². The lowest BCUT2D eigenvalue weighted by Crippen LogP contribution is -2.38. The van der Waals surface area contributed by atoms with Crippen molar-refractivity contribution in [2.45, 2.75) is 13.0 Å². The summed E-state index contributed by atoms with van der Waals surface area (Å²) < 4.78 is 2.65. The van der Waals surface area contributed by atoms with Crippen LogP contribution in [0.5, 0.6) is 0 Å². The van der Waals surface area contributed by atoms with Gasteiger partial charge in [0.15, 0.2) is 0 Å². The molecule has 0 fully saturated rings. The molecule has 0 aliphatic carbocycles. The maximum atomic E-state index is 11.5. The van der Waals surface area contributed by atoms with Gasteiger partial charge in [-0.05, 0) is 20.0 Å². The van der Waals surface area contributed by atoms with Crippen LogP contribution in [0.4, 0.5) is 0 Å². The molecule has 0 saturated heterocycles. The van der Waals surface area contributed by atoms with Crippen molar-refractivity contribution in [2.75, 3.05) is 13.6 Å². The summed E-state index contributed by atoms with van der Waals surface area (Å²) in [7, 11) is 3.47. The molecule has 0 amide bonds. The van der Waals surface area contributed by atoms with Crippen LogP contribution in [0.1, 0.15) is 6.42 Å². The molecule has 5 heteroatoms. The van der Waals surface area contributed by atoms with Gasteiger partial charge in [0.1, 0.15) is 0 Å². The summed E-state index contributed by atoms with van der Waals surface area (Å²) in [4.78, 5) is 22.8. The standard InChI is InChI=1S/C9H15N3O2/c1-10-5-3-6-12-8(13)4-7-11(2)9(12)14/h4,7,10H,3,5-6H2,1-2H3. The third-order valence-electron chi connectivity index (χ3n) is 2.05. The van der Waals surface area contributed by atoms with Crippen molar-refractivity contribution in [3.63, 3.8) is 0 Å². The molecular formula is C9H15N3O2. The molecule has 0 bridgehead atoms. The Balaban J connectivity index is 2.90. The van der Waals surface area contributed by atoms with Gasteiger partial charge < -0.3 is 9.88 Å². The monoisotopic (exact) mass is 197 g/mol. The number of hydrogen-bond acceptors (Lipinski definition) is 3. The average molecular weight is 197 g/mol. The highest BCUT2D eigenvalue weighted by Crippen LogP contribution is 1.80. The summed E-state index contributed by atoms with van der Waals surface area (Å²) in [6.07, 6.45) is 2.26. The van der Waals surface area contributed by atoms with Crippen molar-refractivity contribution < 1.29 is 0 Å². The second kappa shape index (κ2) is 4.76. The molecule has 1 aromatic heterocycles. The van der Waals surface area contributed by atoms with Gasteiger partial charge in [-0.2, -0.15) is 0 Å². The van der Waals surface area contributed by atoms with Crippen LogP contribution in [0.25, 0.3) is 0 Å². The summed E-state index contributed by atoms with van der Waals surface area (Å²) in [5, 5.41) is 2.97. The predicted octanol–water partition coefficient (Wildman–Crippen LogP) is -0.843. The maximum absolute atomic E-state index is 11.5. The number of rotatable bonds is 4. The van der Waals surface area contributed by atoms with Gasteiger partial charge in [-0.15, -0.1) is 0 Å². The molecule has 0 aliphatic rings. The van der Waals surface area contributed by atoms with Crippen LogP contribution in [0.2, 0.25) is 0 Å². The zero-order chi connectivity index (χ0) is 10.6. The van der Waals surface area contributed by atoms with Gasteiger partial charge in [0.25, 0.3) is 5.56 Å². The molecule has 1 heterocycles. The molecule has 0 radical (unpaired) electrons. The van der Waals surface area contributed by atoms with Crippen LogP contribution >= 0.6 is 0 Å². The maximum Gasteiger partial charge on any atom is 0.330 e. The summed E-state index contributed by atoms with van der Waals surface area (Å²) in [6.45, 7) is 1.26. The first-order valence-corrected chi connectivity index (χ1v) is 4.58. The van der Waals surface area contributed by atoms with Crippen molar-refractivity contribution in [1.29, 1.82) is 0 Å². The van der Waals surface area contributed by atoms with E-state index < -0.39 is 0 Å². The van der Waals surface area contributed by atoms with Gasteiger partial charge >= 0.3 is 5.69 Å². The van der Waals surface area contributed by atoms with E-state index >= 15 is 0 Å². The fourth-order valence-electron chi connectivity index (χ4n) is 1.23. The molecule has 5 nitrogen and oxygen atoms in total. The summed E-state index contributed by atoms with van der Waals surface area (Å²) in [6, 6.07) is 1.40. The van der Waals surface area contributed by atoms with Gasteiger partial charge in [0.05, 0.1) is 0 Å². The van der Waals surface area contributed by atoms with Crippen LogP contribution in [0.3, 0.4) is 0 Å². The van der Waals surface area contributed by atoms with E-state index in [0.29, 0.717) is 6.54 Å². The number of aryl methyl sites for hydroxylation is 1. The van der Waals surface area contributed by atoms with E-state index in [9.17, 15) is 9.59 Å². The Hall–Kier alpha value is -1.36. The molecule has 0 unspecified atom stereocenters. The Morgan fingerprint density at radius 2 is 2.14 bits per heavy atom. The highest BCUT2D eigenvalue weighted by atomic mass is 16.2. The van der Waals surface area contributed by atoms with E-state index in [0.717, 1.165) is 13.0 Å². The minimum Gasteiger partial charge on any atom is -0.320 e. The first-order chi connectivity index (χ1) is 6.66. The second-order valence-corrected chi connectivity index (χ2v) is 3.16. The summed E-state index contributed by atoms with van der Waals surface area (Å²) in [5.41, 5.74) is -0.488. The topological polar surface area (TPSA) is 56.0 Å². The van der Waals surface area contributed by atoms with Crippen molar-refractivity contribution in [2.24, 2.45) is 7.05 Å². The Morgan fingerprint density at radius 3 is 2.79 bits per heavy atom. The quantitative estimate of drug-likeness (QED) is 0.640. The van der Waals surface area contributed by atoms with E-state index in [1.807, 2.05) is 7.05 Å². The van der Waals surface area contributed by atoms with E-state index in [1.54, 1.807) is 7.05 Å². The third kappa shape index (κ3) is 2.32. The van der Waals surface area contributed by atoms with Crippen molar-refractivity contribution in [3.8, 4) is 0 Å². The lowest BCUT2D eigenvalue weighted by atomic mass is 10.4. The van der Waals surface area contributed by atoms with Crippen molar-refractivity contribution in [1.82, 2.24) is 14.5 Å². The zero-order valence-corrected chi connectivity index (χ0v) is 8.49. The minimum atomic E-state index is -0.256. The first kappa shape index (κ1) is 10.7. The normalized spacial score (nSPS) is 10.4. The van der Waals surface area contributed by atoms with Gasteiger partial charge in [-0.3, -0.25) is 9.36 Å². The number of hydrogen-bond donors (Lipinski definition) is 1. The van der Waals surface area contributed by atoms with E-state index in [-0.39, 0.29) is 11.2 Å². The lowest BCUT2D eigenvalue weighted by molar-refractivity contribution is 0.550. The van der Waals surface area contributed by atoms with E-state index in [2.05, 4.69) is 5.32 Å². The molecule has 0 atom stereocenters. The highest BCUT2D eigenvalue weighted by Gasteiger charge is 2.01. The van der Waals surface area contributed by atoms with Crippen LogP contribution in [0, 0.1) is 0 Å². The Kier molecular flexibility index (Phi) is 3.64. The number of aromatic nitrogens is 2. The molecule has 14 heavy (non-hydrogen) atoms. The fourth-order valence-corrected chi connectivity index (χ4v) is 1.23. The molecule has 0 aromatic carbocycles. The Bertz CT molecular complexity index is 405. The molecule has 1 aromatic rings. The van der Waals surface area contributed by atoms with Crippen LogP contribution < -0.4 is 16.6 Å². The number of nitrogens with one attached hydrogen (secondary N) is 1. The third-order valence-corrected chi connectivity index (χ3v) is 2.05. The summed E-state index contributed by atoms with van der Waals surface area (Å²) >= 11 is 0. The van der Waals surface area contributed by atoms with Crippen LogP contribution in [0.15, 0.2) is 21.9 Å². The van der Waals surface area contributed by atoms with Crippen LogP contribution in [-0.4, -0.2) is 22.7 Å². The summed E-state index contributed by atoms with van der Waals surface area (Å²) in [5.74, 6) is 0. The molecular weight excluding hydrogens is 182 g/mol. The SMILES string of the molecule is CNCCCn1c(=O)ccn(C)c1=O. The van der Waals surface area contributed by atoms with Crippen LogP contribution in [-0.2, 0) is 13.6 Å². The minimum absolute atomic E-state index is 0.232. The molecule has 78 valence electrons. The van der Waals surface area contributed by atoms with Crippen molar-refractivity contribution in [3.05, 3.63) is 33.1 Å².